The second-order valence-electron chi connectivity index (χ2n) is 5.35. The number of anilines is 1. The number of sulfonamides is 1. The number of benzene rings is 2. The maximum atomic E-state index is 12.2. The van der Waals surface area contributed by atoms with E-state index in [1.54, 1.807) is 43.5 Å². The number of amides is 1. The van der Waals surface area contributed by atoms with Gasteiger partial charge in [-0.1, -0.05) is 24.3 Å². The summed E-state index contributed by atoms with van der Waals surface area (Å²) >= 11 is 3.32. The summed E-state index contributed by atoms with van der Waals surface area (Å²) in [5.41, 5.74) is 1.31. The summed E-state index contributed by atoms with van der Waals surface area (Å²) < 4.78 is 30.9. The summed E-state index contributed by atoms with van der Waals surface area (Å²) in [6, 6.07) is 14.1. The number of para-hydroxylation sites is 1. The van der Waals surface area contributed by atoms with Crippen LogP contribution in [0.1, 0.15) is 5.56 Å². The molecule has 6 nitrogen and oxygen atoms in total. The van der Waals surface area contributed by atoms with E-state index in [9.17, 15) is 13.2 Å². The number of rotatable bonds is 7. The molecule has 0 aliphatic carbocycles. The molecule has 134 valence electrons. The highest BCUT2D eigenvalue weighted by atomic mass is 79.9. The molecule has 0 spiro atoms. The lowest BCUT2D eigenvalue weighted by Crippen LogP contribution is -2.40. The third-order valence-electron chi connectivity index (χ3n) is 3.46. The molecule has 1 amide bonds. The van der Waals surface area contributed by atoms with Crippen molar-refractivity contribution in [3.05, 3.63) is 58.6 Å². The number of hydrogen-bond donors (Lipinski definition) is 1. The van der Waals surface area contributed by atoms with Gasteiger partial charge >= 0.3 is 0 Å². The van der Waals surface area contributed by atoms with Crippen LogP contribution >= 0.6 is 15.9 Å². The van der Waals surface area contributed by atoms with E-state index in [1.165, 1.54) is 0 Å². The Labute approximate surface area is 156 Å². The van der Waals surface area contributed by atoms with Crippen molar-refractivity contribution in [2.24, 2.45) is 0 Å². The van der Waals surface area contributed by atoms with E-state index < -0.39 is 15.9 Å². The van der Waals surface area contributed by atoms with Crippen LogP contribution in [0.25, 0.3) is 0 Å². The SMILES string of the molecule is COc1ccc(CNC(=O)CN(c2ccccc2Br)S(C)(=O)=O)cc1. The van der Waals surface area contributed by atoms with Crippen LogP contribution in [0.15, 0.2) is 53.0 Å². The second kappa shape index (κ2) is 8.35. The van der Waals surface area contributed by atoms with Gasteiger partial charge in [-0.25, -0.2) is 8.42 Å². The van der Waals surface area contributed by atoms with Gasteiger partial charge in [0, 0.05) is 11.0 Å². The van der Waals surface area contributed by atoms with Crippen LogP contribution < -0.4 is 14.4 Å². The van der Waals surface area contributed by atoms with Crippen LogP contribution in [0.4, 0.5) is 5.69 Å². The van der Waals surface area contributed by atoms with Crippen LogP contribution in [0.3, 0.4) is 0 Å². The van der Waals surface area contributed by atoms with Gasteiger partial charge in [0.15, 0.2) is 0 Å². The molecule has 8 heteroatoms. The van der Waals surface area contributed by atoms with Gasteiger partial charge in [-0.15, -0.1) is 0 Å². The Morgan fingerprint density at radius 1 is 1.16 bits per heavy atom. The molecule has 0 aliphatic rings. The Morgan fingerprint density at radius 2 is 1.80 bits per heavy atom. The van der Waals surface area contributed by atoms with Gasteiger partial charge in [-0.05, 0) is 45.8 Å². The molecule has 0 fully saturated rings. The van der Waals surface area contributed by atoms with Crippen molar-refractivity contribution in [1.82, 2.24) is 5.32 Å². The van der Waals surface area contributed by atoms with Gasteiger partial charge in [0.05, 0.1) is 19.1 Å². The number of hydrogen-bond acceptors (Lipinski definition) is 4. The molecule has 2 aromatic rings. The molecule has 2 rings (SSSR count). The zero-order valence-corrected chi connectivity index (χ0v) is 16.3. The van der Waals surface area contributed by atoms with Crippen molar-refractivity contribution in [3.63, 3.8) is 0 Å². The highest BCUT2D eigenvalue weighted by molar-refractivity contribution is 9.10. The molecule has 0 heterocycles. The summed E-state index contributed by atoms with van der Waals surface area (Å²) in [5.74, 6) is 0.337. The molecule has 0 saturated heterocycles. The largest absolute Gasteiger partial charge is 0.497 e. The minimum absolute atomic E-state index is 0.294. The van der Waals surface area contributed by atoms with Crippen molar-refractivity contribution in [1.29, 1.82) is 0 Å². The Balaban J connectivity index is 2.06. The number of methoxy groups -OCH3 is 1. The molecule has 0 saturated carbocycles. The zero-order chi connectivity index (χ0) is 18.4. The first-order chi connectivity index (χ1) is 11.8. The first-order valence-corrected chi connectivity index (χ1v) is 10.1. The first kappa shape index (κ1) is 19.3. The average molecular weight is 427 g/mol. The smallest absolute Gasteiger partial charge is 0.241 e. The number of carbonyl (C=O) groups is 1. The van der Waals surface area contributed by atoms with Crippen molar-refractivity contribution in [3.8, 4) is 5.75 Å². The number of nitrogens with zero attached hydrogens (tertiary/aromatic N) is 1. The third kappa shape index (κ3) is 5.47. The fourth-order valence-corrected chi connectivity index (χ4v) is 3.65. The molecular formula is C17H19BrN2O4S. The Hall–Kier alpha value is -2.06. The van der Waals surface area contributed by atoms with Crippen LogP contribution in [0.5, 0.6) is 5.75 Å². The van der Waals surface area contributed by atoms with E-state index in [2.05, 4.69) is 21.2 Å². The zero-order valence-electron chi connectivity index (χ0n) is 13.9. The average Bonchev–Trinajstić information content (AvgIpc) is 2.58. The maximum Gasteiger partial charge on any atom is 0.241 e. The molecule has 0 aromatic heterocycles. The normalized spacial score (nSPS) is 11.0. The summed E-state index contributed by atoms with van der Waals surface area (Å²) in [4.78, 5) is 12.2. The summed E-state index contributed by atoms with van der Waals surface area (Å²) in [6.45, 7) is 0.00793. The van der Waals surface area contributed by atoms with Gasteiger partial charge in [0.2, 0.25) is 15.9 Å². The molecule has 0 unspecified atom stereocenters. The van der Waals surface area contributed by atoms with E-state index in [-0.39, 0.29) is 6.54 Å². The predicted octanol–water partition coefficient (Wildman–Crippen LogP) is 2.54. The highest BCUT2D eigenvalue weighted by Crippen LogP contribution is 2.27. The lowest BCUT2D eigenvalue weighted by Gasteiger charge is -2.23. The summed E-state index contributed by atoms with van der Waals surface area (Å²) in [7, 11) is -2.02. The first-order valence-electron chi connectivity index (χ1n) is 7.43. The fourth-order valence-electron chi connectivity index (χ4n) is 2.17. The molecule has 0 radical (unpaired) electrons. The van der Waals surface area contributed by atoms with Gasteiger partial charge < -0.3 is 10.1 Å². The van der Waals surface area contributed by atoms with Crippen LogP contribution in [-0.4, -0.2) is 34.2 Å². The van der Waals surface area contributed by atoms with Gasteiger partial charge in [0.1, 0.15) is 12.3 Å². The molecular weight excluding hydrogens is 408 g/mol. The van der Waals surface area contributed by atoms with Crippen molar-refractivity contribution in [2.45, 2.75) is 6.54 Å². The quantitative estimate of drug-likeness (QED) is 0.737. The van der Waals surface area contributed by atoms with Gasteiger partial charge in [-0.3, -0.25) is 9.10 Å². The van der Waals surface area contributed by atoms with Gasteiger partial charge in [-0.2, -0.15) is 0 Å². The number of halogens is 1. The van der Waals surface area contributed by atoms with E-state index in [1.807, 2.05) is 12.1 Å². The molecule has 2 aromatic carbocycles. The molecule has 25 heavy (non-hydrogen) atoms. The minimum atomic E-state index is -3.60. The Kier molecular flexibility index (Phi) is 6.44. The molecule has 1 N–H and O–H groups in total. The van der Waals surface area contributed by atoms with Gasteiger partial charge in [0.25, 0.3) is 0 Å². The molecule has 0 atom stereocenters. The lowest BCUT2D eigenvalue weighted by molar-refractivity contribution is -0.119. The standard InChI is InChI=1S/C17H19BrN2O4S/c1-24-14-9-7-13(8-10-14)11-19-17(21)12-20(25(2,22)23)16-6-4-3-5-15(16)18/h3-10H,11-12H2,1-2H3,(H,19,21). The summed E-state index contributed by atoms with van der Waals surface area (Å²) in [5, 5.41) is 2.73. The Bertz CT molecular complexity index is 838. The number of ether oxygens (including phenoxy) is 1. The maximum absolute atomic E-state index is 12.2. The summed E-state index contributed by atoms with van der Waals surface area (Å²) in [6.07, 6.45) is 1.07. The van der Waals surface area contributed by atoms with E-state index in [0.717, 1.165) is 21.9 Å². The second-order valence-corrected chi connectivity index (χ2v) is 8.11. The van der Waals surface area contributed by atoms with E-state index >= 15 is 0 Å². The monoisotopic (exact) mass is 426 g/mol. The third-order valence-corrected chi connectivity index (χ3v) is 5.25. The molecule has 0 bridgehead atoms. The minimum Gasteiger partial charge on any atom is -0.497 e. The van der Waals surface area contributed by atoms with Crippen molar-refractivity contribution in [2.75, 3.05) is 24.2 Å². The van der Waals surface area contributed by atoms with E-state index in [0.29, 0.717) is 16.7 Å². The van der Waals surface area contributed by atoms with Crippen molar-refractivity contribution >= 4 is 37.5 Å². The Morgan fingerprint density at radius 3 is 2.36 bits per heavy atom. The number of carbonyl (C=O) groups excluding carboxylic acids is 1. The van der Waals surface area contributed by atoms with E-state index in [4.69, 9.17) is 4.74 Å². The van der Waals surface area contributed by atoms with Crippen molar-refractivity contribution < 1.29 is 17.9 Å². The predicted molar refractivity (Wildman–Crippen MR) is 101 cm³/mol. The van der Waals surface area contributed by atoms with Crippen LogP contribution in [0, 0.1) is 0 Å². The molecule has 0 aliphatic heterocycles. The lowest BCUT2D eigenvalue weighted by atomic mass is 10.2. The topological polar surface area (TPSA) is 75.7 Å². The van der Waals surface area contributed by atoms with Crippen LogP contribution in [0.2, 0.25) is 0 Å². The number of nitrogens with one attached hydrogen (secondary N) is 1. The van der Waals surface area contributed by atoms with Crippen LogP contribution in [-0.2, 0) is 21.4 Å². The fraction of sp³-hybridized carbons (Fsp3) is 0.235. The highest BCUT2D eigenvalue weighted by Gasteiger charge is 2.22.